The van der Waals surface area contributed by atoms with Crippen LogP contribution in [0, 0.1) is 13.8 Å². The van der Waals surface area contributed by atoms with Gasteiger partial charge in [0.1, 0.15) is 12.4 Å². The Morgan fingerprint density at radius 1 is 1.31 bits per heavy atom. The van der Waals surface area contributed by atoms with Crippen molar-refractivity contribution in [3.05, 3.63) is 28.8 Å². The van der Waals surface area contributed by atoms with Crippen LogP contribution in [0.3, 0.4) is 0 Å². The van der Waals surface area contributed by atoms with Gasteiger partial charge in [0.05, 0.1) is 6.61 Å². The molecule has 0 aliphatic carbocycles. The lowest BCUT2D eigenvalue weighted by Crippen LogP contribution is -2.06. The number of carbonyl (C=O) groups is 1. The molecule has 0 bridgehead atoms. The number of ether oxygens (including phenoxy) is 1. The molecule has 1 aromatic carbocycles. The molecule has 1 rings (SSSR count). The van der Waals surface area contributed by atoms with Crippen molar-refractivity contribution in [1.29, 1.82) is 0 Å². The first-order valence-electron chi connectivity index (χ1n) is 5.48. The molecule has 0 atom stereocenters. The Hall–Kier alpha value is -1.35. The number of aliphatic hydroxyl groups excluding tert-OH is 1. The predicted octanol–water partition coefficient (Wildman–Crippen LogP) is 2.27. The number of hydrogen-bond donors (Lipinski definition) is 1. The van der Waals surface area contributed by atoms with Crippen LogP contribution < -0.4 is 4.74 Å². The quantitative estimate of drug-likeness (QED) is 0.777. The van der Waals surface area contributed by atoms with Crippen LogP contribution in [0.1, 0.15) is 34.8 Å². The molecule has 0 fully saturated rings. The summed E-state index contributed by atoms with van der Waals surface area (Å²) in [7, 11) is 0. The third-order valence-electron chi connectivity index (χ3n) is 2.71. The van der Waals surface area contributed by atoms with Gasteiger partial charge >= 0.3 is 0 Å². The summed E-state index contributed by atoms with van der Waals surface area (Å²) in [5.74, 6) is 0.883. The van der Waals surface area contributed by atoms with Crippen LogP contribution in [0.25, 0.3) is 0 Å². The zero-order valence-corrected chi connectivity index (χ0v) is 10.0. The number of rotatable bonds is 5. The molecule has 0 aliphatic rings. The van der Waals surface area contributed by atoms with E-state index in [-0.39, 0.29) is 19.0 Å². The van der Waals surface area contributed by atoms with Crippen molar-refractivity contribution in [3.63, 3.8) is 0 Å². The normalized spacial score (nSPS) is 10.2. The Bertz CT molecular complexity index is 383. The number of benzene rings is 1. The summed E-state index contributed by atoms with van der Waals surface area (Å²) in [6, 6.07) is 3.59. The fraction of sp³-hybridized carbons (Fsp3) is 0.462. The van der Waals surface area contributed by atoms with Gasteiger partial charge in [-0.25, -0.2) is 0 Å². The fourth-order valence-corrected chi connectivity index (χ4v) is 1.60. The molecule has 0 amide bonds. The molecule has 0 aromatic heterocycles. The van der Waals surface area contributed by atoms with E-state index in [4.69, 9.17) is 9.84 Å². The van der Waals surface area contributed by atoms with Crippen LogP contribution >= 0.6 is 0 Å². The Labute approximate surface area is 96.1 Å². The summed E-state index contributed by atoms with van der Waals surface area (Å²) in [6.45, 7) is 5.97. The molecular formula is C13H18O3. The average Bonchev–Trinajstić information content (AvgIpc) is 2.30. The predicted molar refractivity (Wildman–Crippen MR) is 63.1 cm³/mol. The molecule has 0 spiro atoms. The number of carbonyl (C=O) groups excluding carboxylic acids is 1. The maximum Gasteiger partial charge on any atom is 0.162 e. The van der Waals surface area contributed by atoms with Gasteiger partial charge in [-0.2, -0.15) is 0 Å². The lowest BCUT2D eigenvalue weighted by molar-refractivity contribution is 0.0987. The zero-order chi connectivity index (χ0) is 12.1. The number of hydrogen-bond acceptors (Lipinski definition) is 3. The summed E-state index contributed by atoms with van der Waals surface area (Å²) in [6.07, 6.45) is 0.511. The van der Waals surface area contributed by atoms with E-state index in [2.05, 4.69) is 0 Å². The first-order valence-corrected chi connectivity index (χ1v) is 5.48. The minimum atomic E-state index is -0.00582. The molecule has 0 radical (unpaired) electrons. The van der Waals surface area contributed by atoms with Crippen LogP contribution in [-0.2, 0) is 0 Å². The van der Waals surface area contributed by atoms with Crippen molar-refractivity contribution in [2.24, 2.45) is 0 Å². The minimum absolute atomic E-state index is 0.00582. The first kappa shape index (κ1) is 12.7. The fourth-order valence-electron chi connectivity index (χ4n) is 1.60. The molecule has 1 aromatic rings. The van der Waals surface area contributed by atoms with Gasteiger partial charge in [-0.05, 0) is 37.1 Å². The van der Waals surface area contributed by atoms with Gasteiger partial charge in [0, 0.05) is 12.0 Å². The lowest BCUT2D eigenvalue weighted by atomic mass is 9.98. The minimum Gasteiger partial charge on any atom is -0.491 e. The van der Waals surface area contributed by atoms with Crippen LogP contribution in [0.4, 0.5) is 0 Å². The van der Waals surface area contributed by atoms with Crippen LogP contribution in [0.2, 0.25) is 0 Å². The largest absolute Gasteiger partial charge is 0.491 e. The Morgan fingerprint density at radius 3 is 2.56 bits per heavy atom. The lowest BCUT2D eigenvalue weighted by Gasteiger charge is -2.12. The summed E-state index contributed by atoms with van der Waals surface area (Å²) in [4.78, 5) is 11.6. The molecule has 3 heteroatoms. The number of Topliss-reactive ketones (excluding diaryl/α,β-unsaturated/α-hetero) is 1. The highest BCUT2D eigenvalue weighted by atomic mass is 16.5. The molecule has 0 unspecified atom stereocenters. The van der Waals surface area contributed by atoms with Gasteiger partial charge in [0.25, 0.3) is 0 Å². The van der Waals surface area contributed by atoms with E-state index in [1.165, 1.54) is 0 Å². The van der Waals surface area contributed by atoms with Crippen LogP contribution in [0.5, 0.6) is 5.75 Å². The molecule has 88 valence electrons. The topological polar surface area (TPSA) is 46.5 Å². The summed E-state index contributed by atoms with van der Waals surface area (Å²) >= 11 is 0. The first-order chi connectivity index (χ1) is 7.61. The second-order valence-electron chi connectivity index (χ2n) is 3.71. The molecule has 1 N–H and O–H groups in total. The Morgan fingerprint density at radius 2 is 2.00 bits per heavy atom. The Balaban J connectivity index is 3.03. The summed E-state index contributed by atoms with van der Waals surface area (Å²) < 4.78 is 5.37. The highest BCUT2D eigenvalue weighted by molar-refractivity contribution is 5.97. The zero-order valence-electron chi connectivity index (χ0n) is 10.0. The SMILES string of the molecule is CCC(=O)c1ccc(OCCO)c(C)c1C. The average molecular weight is 222 g/mol. The van der Waals surface area contributed by atoms with Crippen molar-refractivity contribution in [3.8, 4) is 5.75 Å². The molecule has 16 heavy (non-hydrogen) atoms. The third kappa shape index (κ3) is 2.61. The van der Waals surface area contributed by atoms with Gasteiger partial charge in [-0.1, -0.05) is 6.92 Å². The van der Waals surface area contributed by atoms with E-state index in [0.717, 1.165) is 22.4 Å². The van der Waals surface area contributed by atoms with Crippen LogP contribution in [-0.4, -0.2) is 24.1 Å². The maximum absolute atomic E-state index is 11.6. The van der Waals surface area contributed by atoms with E-state index < -0.39 is 0 Å². The maximum atomic E-state index is 11.6. The standard InChI is InChI=1S/C13H18O3/c1-4-12(15)11-5-6-13(16-8-7-14)10(3)9(11)2/h5-6,14H,4,7-8H2,1-3H3. The van der Waals surface area contributed by atoms with E-state index in [1.807, 2.05) is 20.8 Å². The van der Waals surface area contributed by atoms with E-state index >= 15 is 0 Å². The van der Waals surface area contributed by atoms with Gasteiger partial charge in [-0.15, -0.1) is 0 Å². The molecule has 0 heterocycles. The van der Waals surface area contributed by atoms with Gasteiger partial charge in [0.15, 0.2) is 5.78 Å². The van der Waals surface area contributed by atoms with E-state index in [9.17, 15) is 4.79 Å². The van der Waals surface area contributed by atoms with Crippen molar-refractivity contribution >= 4 is 5.78 Å². The number of aliphatic hydroxyl groups is 1. The molecule has 3 nitrogen and oxygen atoms in total. The van der Waals surface area contributed by atoms with E-state index in [1.54, 1.807) is 12.1 Å². The van der Waals surface area contributed by atoms with Crippen molar-refractivity contribution in [2.75, 3.05) is 13.2 Å². The van der Waals surface area contributed by atoms with Crippen LogP contribution in [0.15, 0.2) is 12.1 Å². The highest BCUT2D eigenvalue weighted by Gasteiger charge is 2.11. The molecule has 0 saturated carbocycles. The molecule has 0 aliphatic heterocycles. The Kier molecular flexibility index (Phi) is 4.50. The van der Waals surface area contributed by atoms with Gasteiger partial charge < -0.3 is 9.84 Å². The highest BCUT2D eigenvalue weighted by Crippen LogP contribution is 2.25. The molecule has 0 saturated heterocycles. The van der Waals surface area contributed by atoms with Crippen molar-refractivity contribution in [2.45, 2.75) is 27.2 Å². The second-order valence-corrected chi connectivity index (χ2v) is 3.71. The smallest absolute Gasteiger partial charge is 0.162 e. The third-order valence-corrected chi connectivity index (χ3v) is 2.71. The van der Waals surface area contributed by atoms with Crippen molar-refractivity contribution in [1.82, 2.24) is 0 Å². The van der Waals surface area contributed by atoms with Crippen molar-refractivity contribution < 1.29 is 14.6 Å². The van der Waals surface area contributed by atoms with Gasteiger partial charge in [-0.3, -0.25) is 4.79 Å². The summed E-state index contributed by atoms with van der Waals surface area (Å²) in [5, 5.41) is 8.69. The second kappa shape index (κ2) is 5.66. The summed E-state index contributed by atoms with van der Waals surface area (Å²) in [5.41, 5.74) is 2.69. The monoisotopic (exact) mass is 222 g/mol. The molecular weight excluding hydrogens is 204 g/mol. The number of ketones is 1. The van der Waals surface area contributed by atoms with E-state index in [0.29, 0.717) is 6.42 Å². The van der Waals surface area contributed by atoms with Gasteiger partial charge in [0.2, 0.25) is 0 Å².